The molecule has 2 aliphatic rings. The molecule has 1 N–H and O–H groups in total. The largest absolute Gasteiger partial charge is 0.493 e. The fraction of sp³-hybridized carbons (Fsp3) is 0.400. The number of nitrogens with one attached hydrogen (secondary N) is 1. The van der Waals surface area contributed by atoms with E-state index >= 15 is 0 Å². The summed E-state index contributed by atoms with van der Waals surface area (Å²) >= 11 is 0. The van der Waals surface area contributed by atoms with Crippen LogP contribution >= 0.6 is 0 Å². The first-order valence-electron chi connectivity index (χ1n) is 13.1. The normalized spacial score (nSPS) is 18.8. The summed E-state index contributed by atoms with van der Waals surface area (Å²) in [6.07, 6.45) is 2.32. The molecule has 0 saturated heterocycles. The second-order valence-electron chi connectivity index (χ2n) is 9.92. The highest BCUT2D eigenvalue weighted by Crippen LogP contribution is 2.47. The quantitative estimate of drug-likeness (QED) is 0.191. The molecule has 9 heteroatoms. The van der Waals surface area contributed by atoms with Crippen LogP contribution in [0.15, 0.2) is 58.9 Å². The number of benzene rings is 2. The Bertz CT molecular complexity index is 1380. The van der Waals surface area contributed by atoms with E-state index in [-0.39, 0.29) is 30.4 Å². The van der Waals surface area contributed by atoms with Gasteiger partial charge in [-0.3, -0.25) is 14.9 Å². The fourth-order valence-corrected chi connectivity index (χ4v) is 5.38. The predicted octanol–water partition coefficient (Wildman–Crippen LogP) is 5.63. The predicted molar refractivity (Wildman–Crippen MR) is 146 cm³/mol. The molecule has 2 aromatic rings. The van der Waals surface area contributed by atoms with E-state index in [0.29, 0.717) is 58.0 Å². The zero-order chi connectivity index (χ0) is 28.3. The third-order valence-corrected chi connectivity index (χ3v) is 7.42. The minimum absolute atomic E-state index is 0.0593. The molecule has 0 spiro atoms. The third kappa shape index (κ3) is 5.53. The number of dihydropyridines is 1. The lowest BCUT2D eigenvalue weighted by Gasteiger charge is -2.36. The molecule has 9 nitrogen and oxygen atoms in total. The van der Waals surface area contributed by atoms with Crippen molar-refractivity contribution in [3.63, 3.8) is 0 Å². The summed E-state index contributed by atoms with van der Waals surface area (Å²) in [6.45, 7) is 5.70. The number of ketones is 1. The summed E-state index contributed by atoms with van der Waals surface area (Å²) in [5.41, 5.74) is 3.94. The van der Waals surface area contributed by atoms with Crippen molar-refractivity contribution in [2.45, 2.75) is 58.3 Å². The number of nitro groups is 1. The van der Waals surface area contributed by atoms with Crippen LogP contribution < -0.4 is 14.8 Å². The highest BCUT2D eigenvalue weighted by Gasteiger charge is 2.42. The zero-order valence-corrected chi connectivity index (χ0v) is 23.0. The fourth-order valence-electron chi connectivity index (χ4n) is 5.38. The Kier molecular flexibility index (Phi) is 8.38. The van der Waals surface area contributed by atoms with Crippen molar-refractivity contribution in [2.24, 2.45) is 0 Å². The van der Waals surface area contributed by atoms with E-state index in [1.54, 1.807) is 40.2 Å². The summed E-state index contributed by atoms with van der Waals surface area (Å²) in [5, 5.41) is 15.1. The van der Waals surface area contributed by atoms with Crippen molar-refractivity contribution < 1.29 is 28.7 Å². The Morgan fingerprint density at radius 3 is 2.44 bits per heavy atom. The molecule has 0 fully saturated rings. The lowest BCUT2D eigenvalue weighted by atomic mass is 9.71. The van der Waals surface area contributed by atoms with Gasteiger partial charge in [0.25, 0.3) is 5.69 Å². The summed E-state index contributed by atoms with van der Waals surface area (Å²) in [7, 11) is 3.14. The maximum atomic E-state index is 13.8. The van der Waals surface area contributed by atoms with E-state index < -0.39 is 16.8 Å². The number of hydrogen-bond donors (Lipinski definition) is 1. The minimum Gasteiger partial charge on any atom is -0.493 e. The Morgan fingerprint density at radius 1 is 1.05 bits per heavy atom. The van der Waals surface area contributed by atoms with Crippen molar-refractivity contribution in [2.75, 3.05) is 20.8 Å². The van der Waals surface area contributed by atoms with E-state index in [9.17, 15) is 19.7 Å². The molecule has 1 aliphatic heterocycles. The first-order chi connectivity index (χ1) is 18.7. The van der Waals surface area contributed by atoms with Crippen LogP contribution in [0.1, 0.15) is 68.1 Å². The van der Waals surface area contributed by atoms with E-state index in [0.717, 1.165) is 12.0 Å². The molecule has 0 aromatic heterocycles. The summed E-state index contributed by atoms with van der Waals surface area (Å²) < 4.78 is 16.4. The number of aryl methyl sites for hydroxylation is 1. The van der Waals surface area contributed by atoms with Gasteiger partial charge in [0.1, 0.15) is 0 Å². The average Bonchev–Trinajstić information content (AvgIpc) is 2.91. The van der Waals surface area contributed by atoms with Gasteiger partial charge >= 0.3 is 5.97 Å². The molecule has 2 unspecified atom stereocenters. The van der Waals surface area contributed by atoms with Gasteiger partial charge in [-0.2, -0.15) is 0 Å². The van der Waals surface area contributed by atoms with Crippen molar-refractivity contribution in [1.82, 2.24) is 5.32 Å². The lowest BCUT2D eigenvalue weighted by molar-refractivity contribution is -0.385. The third-order valence-electron chi connectivity index (χ3n) is 7.42. The number of nitrogens with zero attached hydrogens (tertiary/aromatic N) is 1. The molecule has 2 atom stereocenters. The Hall–Kier alpha value is -4.14. The zero-order valence-electron chi connectivity index (χ0n) is 23.0. The molecular formula is C30H34N2O7. The van der Waals surface area contributed by atoms with Crippen LogP contribution in [0.25, 0.3) is 0 Å². The Morgan fingerprint density at radius 2 is 1.77 bits per heavy atom. The van der Waals surface area contributed by atoms with Crippen molar-refractivity contribution >= 4 is 17.4 Å². The van der Waals surface area contributed by atoms with Gasteiger partial charge in [-0.25, -0.2) is 4.79 Å². The molecule has 1 heterocycles. The van der Waals surface area contributed by atoms with E-state index in [4.69, 9.17) is 14.2 Å². The maximum absolute atomic E-state index is 13.8. The van der Waals surface area contributed by atoms with Crippen LogP contribution in [0.2, 0.25) is 0 Å². The standard InChI is InChI=1S/C30H34N2O7/c1-6-7-12-39-30(34)27-18(3)31-22-13-21(19-10-11-25(37-4)26(16-19)38-5)15-24(33)29(22)28(27)20-9-8-17(2)23(14-20)32(35)36/h8-11,14,16,21,28,31H,6-7,12-13,15H2,1-5H3. The van der Waals surface area contributed by atoms with Gasteiger partial charge < -0.3 is 19.5 Å². The van der Waals surface area contributed by atoms with Crippen LogP contribution in [0, 0.1) is 17.0 Å². The van der Waals surface area contributed by atoms with Crippen LogP contribution in [-0.4, -0.2) is 37.5 Å². The van der Waals surface area contributed by atoms with E-state index in [1.165, 1.54) is 6.07 Å². The Balaban J connectivity index is 1.79. The van der Waals surface area contributed by atoms with Crippen molar-refractivity contribution in [3.8, 4) is 11.5 Å². The van der Waals surface area contributed by atoms with Crippen molar-refractivity contribution in [3.05, 3.63) is 85.7 Å². The summed E-state index contributed by atoms with van der Waals surface area (Å²) in [6, 6.07) is 10.5. The highest BCUT2D eigenvalue weighted by atomic mass is 16.6. The monoisotopic (exact) mass is 534 g/mol. The number of rotatable bonds is 9. The van der Waals surface area contributed by atoms with Gasteiger partial charge in [0.15, 0.2) is 17.3 Å². The molecule has 0 amide bonds. The maximum Gasteiger partial charge on any atom is 0.336 e. The number of ether oxygens (including phenoxy) is 3. The Labute approximate surface area is 228 Å². The first kappa shape index (κ1) is 27.9. The van der Waals surface area contributed by atoms with E-state index in [2.05, 4.69) is 5.32 Å². The van der Waals surface area contributed by atoms with Gasteiger partial charge in [-0.15, -0.1) is 0 Å². The molecule has 0 radical (unpaired) electrons. The number of carbonyl (C=O) groups excluding carboxylic acids is 2. The second-order valence-corrected chi connectivity index (χ2v) is 9.92. The number of unbranched alkanes of at least 4 members (excludes halogenated alkanes) is 1. The number of esters is 1. The molecule has 39 heavy (non-hydrogen) atoms. The minimum atomic E-state index is -0.770. The molecule has 0 bridgehead atoms. The number of carbonyl (C=O) groups is 2. The number of allylic oxidation sites excluding steroid dienone is 3. The van der Waals surface area contributed by atoms with Gasteiger partial charge in [-0.1, -0.05) is 31.5 Å². The van der Waals surface area contributed by atoms with E-state index in [1.807, 2.05) is 25.1 Å². The second kappa shape index (κ2) is 11.7. The number of nitro benzene ring substituents is 1. The van der Waals surface area contributed by atoms with Gasteiger partial charge in [-0.05, 0) is 55.9 Å². The first-order valence-corrected chi connectivity index (χ1v) is 13.1. The molecule has 206 valence electrons. The molecule has 0 saturated carbocycles. The van der Waals surface area contributed by atoms with Gasteiger partial charge in [0.2, 0.25) is 0 Å². The smallest absolute Gasteiger partial charge is 0.336 e. The summed E-state index contributed by atoms with van der Waals surface area (Å²) in [4.78, 5) is 38.5. The number of hydrogen-bond acceptors (Lipinski definition) is 8. The topological polar surface area (TPSA) is 117 Å². The summed E-state index contributed by atoms with van der Waals surface area (Å²) in [5.74, 6) is -0.357. The molecule has 2 aromatic carbocycles. The highest BCUT2D eigenvalue weighted by molar-refractivity contribution is 6.04. The molecule has 1 aliphatic carbocycles. The number of Topliss-reactive ketones (excluding diaryl/α,β-unsaturated/α-hetero) is 1. The molecular weight excluding hydrogens is 500 g/mol. The van der Waals surface area contributed by atoms with Crippen LogP contribution in [0.5, 0.6) is 11.5 Å². The lowest BCUT2D eigenvalue weighted by Crippen LogP contribution is -2.36. The SMILES string of the molecule is CCCCOC(=O)C1=C(C)NC2=C(C(=O)CC(c3ccc(OC)c(OC)c3)C2)C1c1ccc(C)c([N+](=O)[O-])c1. The average molecular weight is 535 g/mol. The van der Waals surface area contributed by atoms with Crippen LogP contribution in [0.4, 0.5) is 5.69 Å². The van der Waals surface area contributed by atoms with Crippen LogP contribution in [-0.2, 0) is 14.3 Å². The van der Waals surface area contributed by atoms with Gasteiger partial charge in [0, 0.05) is 40.9 Å². The number of methoxy groups -OCH3 is 2. The van der Waals surface area contributed by atoms with Gasteiger partial charge in [0.05, 0.1) is 31.3 Å². The van der Waals surface area contributed by atoms with Crippen molar-refractivity contribution in [1.29, 1.82) is 0 Å². The van der Waals surface area contributed by atoms with Crippen LogP contribution in [0.3, 0.4) is 0 Å². The molecule has 4 rings (SSSR count).